The van der Waals surface area contributed by atoms with Crippen LogP contribution in [0.1, 0.15) is 56.0 Å². The lowest BCUT2D eigenvalue weighted by Gasteiger charge is -2.33. The van der Waals surface area contributed by atoms with E-state index in [1.807, 2.05) is 6.92 Å². The van der Waals surface area contributed by atoms with Crippen LogP contribution in [0.25, 0.3) is 0 Å². The molecular formula is C19H24N4O2S2. The van der Waals surface area contributed by atoms with Gasteiger partial charge in [0.2, 0.25) is 11.8 Å². The van der Waals surface area contributed by atoms with Crippen LogP contribution in [0.15, 0.2) is 9.64 Å². The van der Waals surface area contributed by atoms with Gasteiger partial charge >= 0.3 is 0 Å². The number of hydrogen-bond donors (Lipinski definition) is 1. The lowest BCUT2D eigenvalue weighted by Crippen LogP contribution is -2.26. The molecule has 1 aliphatic rings. The van der Waals surface area contributed by atoms with E-state index in [0.29, 0.717) is 34.0 Å². The zero-order chi connectivity index (χ0) is 19.6. The summed E-state index contributed by atoms with van der Waals surface area (Å²) >= 11 is 2.75. The topological polar surface area (TPSA) is 91.8 Å². The quantitative estimate of drug-likeness (QED) is 0.740. The third-order valence-corrected chi connectivity index (χ3v) is 6.92. The summed E-state index contributed by atoms with van der Waals surface area (Å²) in [6.07, 6.45) is 3.64. The molecule has 0 saturated heterocycles. The number of nitriles is 1. The van der Waals surface area contributed by atoms with Crippen LogP contribution in [0, 0.1) is 22.7 Å². The van der Waals surface area contributed by atoms with Gasteiger partial charge in [-0.05, 0) is 36.2 Å². The van der Waals surface area contributed by atoms with Crippen LogP contribution in [0.2, 0.25) is 0 Å². The minimum absolute atomic E-state index is 0.168. The molecule has 1 amide bonds. The molecule has 0 aromatic carbocycles. The Balaban J connectivity index is 1.67. The molecule has 1 atom stereocenters. The number of hydrogen-bond acceptors (Lipinski definition) is 7. The van der Waals surface area contributed by atoms with Crippen molar-refractivity contribution in [1.29, 1.82) is 5.26 Å². The predicted molar refractivity (Wildman–Crippen MR) is 107 cm³/mol. The van der Waals surface area contributed by atoms with E-state index in [1.165, 1.54) is 16.6 Å². The van der Waals surface area contributed by atoms with Gasteiger partial charge < -0.3 is 9.73 Å². The van der Waals surface area contributed by atoms with Gasteiger partial charge in [0.1, 0.15) is 11.1 Å². The highest BCUT2D eigenvalue weighted by Crippen LogP contribution is 2.44. The Labute approximate surface area is 167 Å². The fourth-order valence-electron chi connectivity index (χ4n) is 3.26. The second-order valence-electron chi connectivity index (χ2n) is 7.78. The van der Waals surface area contributed by atoms with Gasteiger partial charge in [0.15, 0.2) is 0 Å². The van der Waals surface area contributed by atoms with Crippen LogP contribution in [0.3, 0.4) is 0 Å². The number of aromatic nitrogens is 2. The molecule has 0 fully saturated rings. The average Bonchev–Trinajstić information content (AvgIpc) is 3.22. The number of aryl methyl sites for hydroxylation is 1. The van der Waals surface area contributed by atoms with Crippen molar-refractivity contribution in [3.8, 4) is 6.07 Å². The van der Waals surface area contributed by atoms with Gasteiger partial charge in [-0.3, -0.25) is 4.79 Å². The first-order valence-electron chi connectivity index (χ1n) is 9.11. The van der Waals surface area contributed by atoms with Crippen LogP contribution in [0.5, 0.6) is 0 Å². The Morgan fingerprint density at radius 1 is 1.44 bits per heavy atom. The number of fused-ring (bicyclic) bond motifs is 1. The van der Waals surface area contributed by atoms with Crippen molar-refractivity contribution >= 4 is 34.0 Å². The summed E-state index contributed by atoms with van der Waals surface area (Å²) in [5.41, 5.74) is 2.00. The molecular weight excluding hydrogens is 380 g/mol. The van der Waals surface area contributed by atoms with Crippen molar-refractivity contribution in [3.05, 3.63) is 21.9 Å². The highest BCUT2D eigenvalue weighted by Gasteiger charge is 2.32. The van der Waals surface area contributed by atoms with Crippen LogP contribution in [0.4, 0.5) is 5.00 Å². The van der Waals surface area contributed by atoms with E-state index in [9.17, 15) is 10.1 Å². The van der Waals surface area contributed by atoms with E-state index < -0.39 is 0 Å². The summed E-state index contributed by atoms with van der Waals surface area (Å²) in [6, 6.07) is 2.30. The summed E-state index contributed by atoms with van der Waals surface area (Å²) in [5, 5.41) is 21.4. The molecule has 2 heterocycles. The predicted octanol–water partition coefficient (Wildman–Crippen LogP) is 4.45. The number of nitrogens with zero attached hydrogens (tertiary/aromatic N) is 3. The van der Waals surface area contributed by atoms with Gasteiger partial charge in [0.05, 0.1) is 11.3 Å². The second kappa shape index (κ2) is 8.03. The normalized spacial score (nSPS) is 16.6. The minimum Gasteiger partial charge on any atom is -0.416 e. The van der Waals surface area contributed by atoms with E-state index in [4.69, 9.17) is 4.42 Å². The van der Waals surface area contributed by atoms with Gasteiger partial charge in [-0.2, -0.15) is 5.26 Å². The molecule has 0 bridgehead atoms. The highest BCUT2D eigenvalue weighted by molar-refractivity contribution is 7.99. The molecule has 3 rings (SSSR count). The molecule has 0 spiro atoms. The van der Waals surface area contributed by atoms with E-state index in [-0.39, 0.29) is 17.1 Å². The number of rotatable bonds is 5. The molecule has 0 radical (unpaired) electrons. The maximum absolute atomic E-state index is 12.3. The highest BCUT2D eigenvalue weighted by atomic mass is 32.2. The lowest BCUT2D eigenvalue weighted by atomic mass is 9.72. The van der Waals surface area contributed by atoms with Crippen molar-refractivity contribution < 1.29 is 9.21 Å². The molecule has 2 aromatic heterocycles. The van der Waals surface area contributed by atoms with E-state index in [1.54, 1.807) is 11.3 Å². The largest absolute Gasteiger partial charge is 0.416 e. The number of carbonyl (C=O) groups excluding carboxylic acids is 1. The van der Waals surface area contributed by atoms with Crippen LogP contribution in [-0.2, 0) is 24.1 Å². The SMILES string of the molecule is CCc1nnc(SCC(=O)Nc2sc3c(c2C#N)CC[C@H](C(C)(C)C)C3)o1. The fourth-order valence-corrected chi connectivity index (χ4v) is 5.14. The molecule has 0 saturated carbocycles. The molecule has 27 heavy (non-hydrogen) atoms. The van der Waals surface area contributed by atoms with Gasteiger partial charge in [-0.15, -0.1) is 21.5 Å². The molecule has 8 heteroatoms. The number of thiophene rings is 1. The van der Waals surface area contributed by atoms with Gasteiger partial charge in [-0.1, -0.05) is 39.5 Å². The van der Waals surface area contributed by atoms with Crippen molar-refractivity contribution in [2.75, 3.05) is 11.1 Å². The molecule has 2 aromatic rings. The third-order valence-electron chi connectivity index (χ3n) is 4.93. The first kappa shape index (κ1) is 19.9. The standard InChI is InChI=1S/C19H24N4O2S2/c1-5-16-22-23-18(25-16)26-10-15(24)21-17-13(9-20)12-7-6-11(19(2,3)4)8-14(12)27-17/h11H,5-8,10H2,1-4H3,(H,21,24)/t11-/m0/s1. The van der Waals surface area contributed by atoms with Gasteiger partial charge in [-0.25, -0.2) is 0 Å². The van der Waals surface area contributed by atoms with E-state index in [2.05, 4.69) is 42.4 Å². The van der Waals surface area contributed by atoms with Crippen LogP contribution >= 0.6 is 23.1 Å². The Bertz CT molecular complexity index is 873. The average molecular weight is 405 g/mol. The van der Waals surface area contributed by atoms with Gasteiger partial charge in [0.25, 0.3) is 5.22 Å². The third kappa shape index (κ3) is 4.53. The van der Waals surface area contributed by atoms with Gasteiger partial charge in [0, 0.05) is 11.3 Å². The Kier molecular flexibility index (Phi) is 5.92. The number of carbonyl (C=O) groups is 1. The van der Waals surface area contributed by atoms with Crippen molar-refractivity contribution in [1.82, 2.24) is 10.2 Å². The summed E-state index contributed by atoms with van der Waals surface area (Å²) in [7, 11) is 0. The summed E-state index contributed by atoms with van der Waals surface area (Å²) in [5.74, 6) is 1.16. The number of nitrogens with one attached hydrogen (secondary N) is 1. The monoisotopic (exact) mass is 404 g/mol. The second-order valence-corrected chi connectivity index (χ2v) is 9.81. The number of anilines is 1. The summed E-state index contributed by atoms with van der Waals surface area (Å²) in [6.45, 7) is 8.73. The zero-order valence-corrected chi connectivity index (χ0v) is 17.7. The maximum Gasteiger partial charge on any atom is 0.277 e. The zero-order valence-electron chi connectivity index (χ0n) is 16.1. The first-order chi connectivity index (χ1) is 12.8. The van der Waals surface area contributed by atoms with Crippen molar-refractivity contribution in [3.63, 3.8) is 0 Å². The van der Waals surface area contributed by atoms with Crippen LogP contribution in [-0.4, -0.2) is 21.9 Å². The van der Waals surface area contributed by atoms with E-state index in [0.717, 1.165) is 24.8 Å². The van der Waals surface area contributed by atoms with Crippen molar-refractivity contribution in [2.45, 2.75) is 58.6 Å². The van der Waals surface area contributed by atoms with Crippen LogP contribution < -0.4 is 5.32 Å². The lowest BCUT2D eigenvalue weighted by molar-refractivity contribution is -0.113. The molecule has 1 aliphatic carbocycles. The Morgan fingerprint density at radius 2 is 2.22 bits per heavy atom. The fraction of sp³-hybridized carbons (Fsp3) is 0.579. The number of thioether (sulfide) groups is 1. The molecule has 144 valence electrons. The van der Waals surface area contributed by atoms with E-state index >= 15 is 0 Å². The maximum atomic E-state index is 12.3. The first-order valence-corrected chi connectivity index (χ1v) is 10.9. The molecule has 1 N–H and O–H groups in total. The van der Waals surface area contributed by atoms with Crippen molar-refractivity contribution in [2.24, 2.45) is 11.3 Å². The summed E-state index contributed by atoms with van der Waals surface area (Å²) in [4.78, 5) is 13.6. The minimum atomic E-state index is -0.168. The Morgan fingerprint density at radius 3 is 2.85 bits per heavy atom. The molecule has 0 unspecified atom stereocenters. The molecule has 0 aliphatic heterocycles. The Hall–Kier alpha value is -1.85. The molecule has 6 nitrogen and oxygen atoms in total. The smallest absolute Gasteiger partial charge is 0.277 e. The summed E-state index contributed by atoms with van der Waals surface area (Å²) < 4.78 is 5.40. The number of amides is 1.